The molecule has 2 aromatic rings. The minimum absolute atomic E-state index is 0.191. The Kier molecular flexibility index (Phi) is 5.36. The molecule has 1 unspecified atom stereocenters. The molecular formula is C16H18ClF2NS. The number of thiophene rings is 1. The maximum Gasteiger partial charge on any atom is 0.142 e. The summed E-state index contributed by atoms with van der Waals surface area (Å²) in [5.41, 5.74) is 1.29. The molecule has 1 N–H and O–H groups in total. The van der Waals surface area contributed by atoms with Crippen molar-refractivity contribution in [3.05, 3.63) is 55.7 Å². The lowest BCUT2D eigenvalue weighted by Crippen LogP contribution is -2.24. The van der Waals surface area contributed by atoms with Gasteiger partial charge in [0.25, 0.3) is 0 Å². The largest absolute Gasteiger partial charge is 0.306 e. The van der Waals surface area contributed by atoms with Crippen LogP contribution in [0.25, 0.3) is 0 Å². The molecule has 114 valence electrons. The van der Waals surface area contributed by atoms with Gasteiger partial charge in [0.2, 0.25) is 0 Å². The van der Waals surface area contributed by atoms with Gasteiger partial charge in [-0.15, -0.1) is 11.3 Å². The summed E-state index contributed by atoms with van der Waals surface area (Å²) in [5, 5.41) is 3.11. The van der Waals surface area contributed by atoms with Gasteiger partial charge in [0.15, 0.2) is 0 Å². The van der Waals surface area contributed by atoms with Gasteiger partial charge in [0, 0.05) is 15.3 Å². The lowest BCUT2D eigenvalue weighted by atomic mass is 9.98. The minimum Gasteiger partial charge on any atom is -0.306 e. The fourth-order valence-corrected chi connectivity index (χ4v) is 3.49. The first kappa shape index (κ1) is 16.4. The molecule has 0 radical (unpaired) electrons. The third kappa shape index (κ3) is 3.62. The van der Waals surface area contributed by atoms with Gasteiger partial charge in [-0.1, -0.05) is 18.5 Å². The Bertz CT molecular complexity index is 639. The zero-order chi connectivity index (χ0) is 15.6. The van der Waals surface area contributed by atoms with Crippen molar-refractivity contribution in [3.63, 3.8) is 0 Å². The second kappa shape index (κ2) is 6.86. The molecule has 0 bridgehead atoms. The molecule has 0 aliphatic carbocycles. The van der Waals surface area contributed by atoms with Gasteiger partial charge in [-0.2, -0.15) is 0 Å². The van der Waals surface area contributed by atoms with E-state index >= 15 is 0 Å². The highest BCUT2D eigenvalue weighted by Crippen LogP contribution is 2.33. The molecule has 21 heavy (non-hydrogen) atoms. The van der Waals surface area contributed by atoms with Crippen LogP contribution in [0.5, 0.6) is 0 Å². The van der Waals surface area contributed by atoms with Crippen LogP contribution < -0.4 is 5.32 Å². The summed E-state index contributed by atoms with van der Waals surface area (Å²) in [6.45, 7) is 6.77. The Morgan fingerprint density at radius 1 is 1.14 bits per heavy atom. The Labute approximate surface area is 133 Å². The Hall–Kier alpha value is -0.970. The predicted molar refractivity (Wildman–Crippen MR) is 85.3 cm³/mol. The van der Waals surface area contributed by atoms with Crippen LogP contribution in [0.2, 0.25) is 5.02 Å². The first-order valence-corrected chi connectivity index (χ1v) is 8.08. The Morgan fingerprint density at radius 3 is 2.43 bits per heavy atom. The maximum absolute atomic E-state index is 14.2. The van der Waals surface area contributed by atoms with Crippen LogP contribution in [0, 0.1) is 25.5 Å². The van der Waals surface area contributed by atoms with Crippen LogP contribution in [0.1, 0.15) is 40.3 Å². The van der Waals surface area contributed by atoms with Crippen LogP contribution in [0.4, 0.5) is 8.78 Å². The summed E-state index contributed by atoms with van der Waals surface area (Å²) in [6.07, 6.45) is 0.913. The number of hydrogen-bond donors (Lipinski definition) is 1. The average Bonchev–Trinajstić information content (AvgIpc) is 2.75. The standard InChI is InChI=1S/C16H18ClF2NS/c1-4-5-20-16(11-6-9(2)21-10(11)3)12-7-15(19)13(17)8-14(12)18/h6-8,16,20H,4-5H2,1-3H3. The molecule has 0 saturated carbocycles. The fourth-order valence-electron chi connectivity index (χ4n) is 2.37. The van der Waals surface area contributed by atoms with E-state index in [1.807, 2.05) is 26.8 Å². The number of hydrogen-bond acceptors (Lipinski definition) is 2. The molecule has 1 heterocycles. The number of halogens is 3. The first-order chi connectivity index (χ1) is 9.93. The average molecular weight is 330 g/mol. The van der Waals surface area contributed by atoms with Crippen LogP contribution >= 0.6 is 22.9 Å². The van der Waals surface area contributed by atoms with Gasteiger partial charge in [0.1, 0.15) is 11.6 Å². The van der Waals surface area contributed by atoms with E-state index < -0.39 is 11.6 Å². The highest BCUT2D eigenvalue weighted by Gasteiger charge is 2.22. The van der Waals surface area contributed by atoms with Crippen LogP contribution in [-0.4, -0.2) is 6.54 Å². The summed E-state index contributed by atoms with van der Waals surface area (Å²) in [4.78, 5) is 2.26. The lowest BCUT2D eigenvalue weighted by Gasteiger charge is -2.20. The number of rotatable bonds is 5. The molecule has 1 nitrogen and oxygen atoms in total. The molecule has 0 saturated heterocycles. The van der Waals surface area contributed by atoms with E-state index in [2.05, 4.69) is 5.32 Å². The molecular weight excluding hydrogens is 312 g/mol. The summed E-state index contributed by atoms with van der Waals surface area (Å²) in [5.74, 6) is -1.08. The van der Waals surface area contributed by atoms with Gasteiger partial charge in [0.05, 0.1) is 11.1 Å². The van der Waals surface area contributed by atoms with Crippen molar-refractivity contribution in [1.82, 2.24) is 5.32 Å². The summed E-state index contributed by atoms with van der Waals surface area (Å²) in [6, 6.07) is 3.90. The van der Waals surface area contributed by atoms with E-state index in [9.17, 15) is 8.78 Å². The molecule has 0 aliphatic heterocycles. The van der Waals surface area contributed by atoms with Crippen molar-refractivity contribution >= 4 is 22.9 Å². The van der Waals surface area contributed by atoms with Crippen molar-refractivity contribution in [3.8, 4) is 0 Å². The van der Waals surface area contributed by atoms with E-state index in [1.165, 1.54) is 6.07 Å². The monoisotopic (exact) mass is 329 g/mol. The van der Waals surface area contributed by atoms with Crippen molar-refractivity contribution in [2.75, 3.05) is 6.54 Å². The number of benzene rings is 1. The summed E-state index contributed by atoms with van der Waals surface area (Å²) < 4.78 is 28.0. The van der Waals surface area contributed by atoms with Gasteiger partial charge < -0.3 is 5.32 Å². The quantitative estimate of drug-likeness (QED) is 0.726. The number of aryl methyl sites for hydroxylation is 2. The van der Waals surface area contributed by atoms with Crippen LogP contribution in [0.15, 0.2) is 18.2 Å². The molecule has 0 spiro atoms. The highest BCUT2D eigenvalue weighted by molar-refractivity contribution is 7.12. The second-order valence-corrected chi connectivity index (χ2v) is 6.91. The van der Waals surface area contributed by atoms with Gasteiger partial charge >= 0.3 is 0 Å². The zero-order valence-corrected chi connectivity index (χ0v) is 13.8. The Balaban J connectivity index is 2.50. The summed E-state index contributed by atoms with van der Waals surface area (Å²) in [7, 11) is 0. The molecule has 1 aromatic carbocycles. The second-order valence-electron chi connectivity index (χ2n) is 5.04. The smallest absolute Gasteiger partial charge is 0.142 e. The van der Waals surface area contributed by atoms with E-state index in [1.54, 1.807) is 11.3 Å². The van der Waals surface area contributed by atoms with Gasteiger partial charge in [-0.05, 0) is 50.6 Å². The highest BCUT2D eigenvalue weighted by atomic mass is 35.5. The third-order valence-electron chi connectivity index (χ3n) is 3.34. The molecule has 1 atom stereocenters. The molecule has 1 aromatic heterocycles. The van der Waals surface area contributed by atoms with E-state index in [4.69, 9.17) is 11.6 Å². The van der Waals surface area contributed by atoms with Crippen molar-refractivity contribution < 1.29 is 8.78 Å². The Morgan fingerprint density at radius 2 is 1.86 bits per heavy atom. The third-order valence-corrected chi connectivity index (χ3v) is 4.61. The predicted octanol–water partition coefficient (Wildman–Crippen LogP) is 5.39. The topological polar surface area (TPSA) is 12.0 Å². The molecule has 0 amide bonds. The number of nitrogens with one attached hydrogen (secondary N) is 1. The van der Waals surface area contributed by atoms with E-state index in [0.29, 0.717) is 5.56 Å². The van der Waals surface area contributed by atoms with Crippen molar-refractivity contribution in [2.45, 2.75) is 33.2 Å². The lowest BCUT2D eigenvalue weighted by molar-refractivity contribution is 0.535. The first-order valence-electron chi connectivity index (χ1n) is 6.88. The normalized spacial score (nSPS) is 12.7. The molecule has 5 heteroatoms. The molecule has 0 fully saturated rings. The van der Waals surface area contributed by atoms with Gasteiger partial charge in [-0.3, -0.25) is 0 Å². The van der Waals surface area contributed by atoms with Crippen molar-refractivity contribution in [1.29, 1.82) is 0 Å². The van der Waals surface area contributed by atoms with Crippen molar-refractivity contribution in [2.24, 2.45) is 0 Å². The summed E-state index contributed by atoms with van der Waals surface area (Å²) >= 11 is 7.30. The van der Waals surface area contributed by atoms with E-state index in [-0.39, 0.29) is 11.1 Å². The maximum atomic E-state index is 14.2. The molecule has 2 rings (SSSR count). The fraction of sp³-hybridized carbons (Fsp3) is 0.375. The zero-order valence-electron chi connectivity index (χ0n) is 12.3. The van der Waals surface area contributed by atoms with Crippen LogP contribution in [0.3, 0.4) is 0 Å². The van der Waals surface area contributed by atoms with E-state index in [0.717, 1.165) is 34.3 Å². The minimum atomic E-state index is -0.596. The van der Waals surface area contributed by atoms with Gasteiger partial charge in [-0.25, -0.2) is 8.78 Å². The molecule has 0 aliphatic rings. The van der Waals surface area contributed by atoms with Crippen LogP contribution in [-0.2, 0) is 0 Å². The SMILES string of the molecule is CCCNC(c1cc(F)c(Cl)cc1F)c1cc(C)sc1C.